The van der Waals surface area contributed by atoms with Gasteiger partial charge in [0, 0.05) is 17.1 Å². The monoisotopic (exact) mass is 597 g/mol. The van der Waals surface area contributed by atoms with Crippen LogP contribution in [-0.4, -0.2) is 43.1 Å². The number of rotatable bonds is 10. The first-order valence-corrected chi connectivity index (χ1v) is 17.3. The third kappa shape index (κ3) is 9.52. The lowest BCUT2D eigenvalue weighted by Gasteiger charge is -2.36. The van der Waals surface area contributed by atoms with E-state index in [1.807, 2.05) is 69.3 Å². The molecule has 0 heterocycles. The van der Waals surface area contributed by atoms with Gasteiger partial charge in [-0.3, -0.25) is 0 Å². The van der Waals surface area contributed by atoms with Crippen molar-refractivity contribution in [3.8, 4) is 17.2 Å². The molecule has 8 heteroatoms. The lowest BCUT2D eigenvalue weighted by atomic mass is 10.0. The fourth-order valence-electron chi connectivity index (χ4n) is 3.86. The van der Waals surface area contributed by atoms with E-state index in [0.29, 0.717) is 23.6 Å². The second-order valence-corrected chi connectivity index (χ2v) is 18.0. The smallest absolute Gasteiger partial charge is 0.410 e. The van der Waals surface area contributed by atoms with Crippen LogP contribution >= 0.6 is 11.6 Å². The Labute approximate surface area is 251 Å². The molecule has 0 fully saturated rings. The van der Waals surface area contributed by atoms with Crippen molar-refractivity contribution in [3.63, 3.8) is 0 Å². The van der Waals surface area contributed by atoms with Crippen molar-refractivity contribution < 1.29 is 23.8 Å². The highest BCUT2D eigenvalue weighted by Gasteiger charge is 2.39. The molecule has 0 aromatic heterocycles. The minimum atomic E-state index is -1.89. The molecule has 1 atom stereocenters. The van der Waals surface area contributed by atoms with E-state index in [-0.39, 0.29) is 11.6 Å². The highest BCUT2D eigenvalue weighted by molar-refractivity contribution is 6.74. The molecule has 0 saturated carbocycles. The van der Waals surface area contributed by atoms with Crippen LogP contribution in [0.5, 0.6) is 17.2 Å². The van der Waals surface area contributed by atoms with Gasteiger partial charge in [0.15, 0.2) is 0 Å². The summed E-state index contributed by atoms with van der Waals surface area (Å²) >= 11 is 6.01. The number of ether oxygens (including phenoxy) is 2. The highest BCUT2D eigenvalue weighted by atomic mass is 35.5. The van der Waals surface area contributed by atoms with Crippen LogP contribution in [0.25, 0.3) is 0 Å². The second kappa shape index (κ2) is 13.3. The van der Waals surface area contributed by atoms with E-state index in [1.165, 1.54) is 0 Å². The molecule has 3 aromatic carbocycles. The summed E-state index contributed by atoms with van der Waals surface area (Å²) in [5.41, 5.74) is 1.21. The summed E-state index contributed by atoms with van der Waals surface area (Å²) in [5, 5.41) is 11.1. The van der Waals surface area contributed by atoms with Crippen LogP contribution < -0.4 is 9.16 Å². The first-order valence-electron chi connectivity index (χ1n) is 14.0. The molecule has 0 saturated heterocycles. The van der Waals surface area contributed by atoms with E-state index in [0.717, 1.165) is 22.8 Å². The molecule has 6 nitrogen and oxygen atoms in total. The number of halogens is 1. The standard InChI is InChI=1S/C33H44ClNO5Si/c1-32(2,3)35(31(37)38-23-30(36)25-10-9-11-26(34)22-25)21-20-24-12-14-27(15-13-24)39-28-16-18-29(19-17-28)40-41(7,8)33(4,5)6/h9-19,22,30,36H,20-21,23H2,1-8H3/t30-/m0/s1. The van der Waals surface area contributed by atoms with E-state index in [9.17, 15) is 9.90 Å². The number of carbonyl (C=O) groups is 1. The fourth-order valence-corrected chi connectivity index (χ4v) is 5.09. The van der Waals surface area contributed by atoms with Crippen molar-refractivity contribution in [1.29, 1.82) is 0 Å². The van der Waals surface area contributed by atoms with E-state index in [1.54, 1.807) is 29.2 Å². The van der Waals surface area contributed by atoms with Crippen molar-refractivity contribution in [2.75, 3.05) is 13.2 Å². The summed E-state index contributed by atoms with van der Waals surface area (Å²) in [6.45, 7) is 17.3. The first kappa shape index (κ1) is 32.5. The number of hydrogen-bond acceptors (Lipinski definition) is 5. The minimum absolute atomic E-state index is 0.133. The van der Waals surface area contributed by atoms with E-state index in [2.05, 4.69) is 33.9 Å². The maximum atomic E-state index is 13.0. The molecule has 41 heavy (non-hydrogen) atoms. The van der Waals surface area contributed by atoms with Gasteiger partial charge in [-0.15, -0.1) is 0 Å². The van der Waals surface area contributed by atoms with E-state index < -0.39 is 26.1 Å². The SMILES string of the molecule is CC(C)(C)N(CCc1ccc(Oc2ccc(O[Si](C)(C)C(C)(C)C)cc2)cc1)C(=O)OC[C@H](O)c1cccc(Cl)c1. The Balaban J connectivity index is 1.55. The Morgan fingerprint density at radius 3 is 2.00 bits per heavy atom. The molecular weight excluding hydrogens is 554 g/mol. The largest absolute Gasteiger partial charge is 0.543 e. The zero-order chi connectivity index (χ0) is 30.4. The highest BCUT2D eigenvalue weighted by Crippen LogP contribution is 2.37. The Morgan fingerprint density at radius 1 is 0.902 bits per heavy atom. The molecule has 3 rings (SSSR count). The molecule has 1 amide bonds. The fraction of sp³-hybridized carbons (Fsp3) is 0.424. The van der Waals surface area contributed by atoms with E-state index >= 15 is 0 Å². The van der Waals surface area contributed by atoms with Crippen LogP contribution in [0.15, 0.2) is 72.8 Å². The van der Waals surface area contributed by atoms with Crippen LogP contribution in [0.3, 0.4) is 0 Å². The van der Waals surface area contributed by atoms with Gasteiger partial charge in [-0.25, -0.2) is 4.79 Å². The van der Waals surface area contributed by atoms with Gasteiger partial charge in [0.1, 0.15) is 30.0 Å². The van der Waals surface area contributed by atoms with Crippen LogP contribution in [-0.2, 0) is 11.2 Å². The number of carbonyl (C=O) groups excluding carboxylic acids is 1. The summed E-state index contributed by atoms with van der Waals surface area (Å²) in [6, 6.07) is 22.5. The maximum Gasteiger partial charge on any atom is 0.410 e. The predicted octanol–water partition coefficient (Wildman–Crippen LogP) is 9.03. The quantitative estimate of drug-likeness (QED) is 0.236. The average molecular weight is 598 g/mol. The van der Waals surface area contributed by atoms with Gasteiger partial charge in [0.25, 0.3) is 0 Å². The van der Waals surface area contributed by atoms with Crippen molar-refractivity contribution in [2.24, 2.45) is 0 Å². The normalized spacial score (nSPS) is 12.9. The topological polar surface area (TPSA) is 68.2 Å². The summed E-state index contributed by atoms with van der Waals surface area (Å²) in [6.07, 6.45) is -0.782. The number of amides is 1. The molecule has 3 aromatic rings. The summed E-state index contributed by atoms with van der Waals surface area (Å²) < 4.78 is 17.9. The molecule has 0 aliphatic carbocycles. The Morgan fingerprint density at radius 2 is 1.46 bits per heavy atom. The summed E-state index contributed by atoms with van der Waals surface area (Å²) in [7, 11) is -1.89. The lowest BCUT2D eigenvalue weighted by Crippen LogP contribution is -2.47. The Kier molecular flexibility index (Phi) is 10.6. The second-order valence-electron chi connectivity index (χ2n) is 12.8. The van der Waals surface area contributed by atoms with Gasteiger partial charge >= 0.3 is 6.09 Å². The van der Waals surface area contributed by atoms with Crippen molar-refractivity contribution in [2.45, 2.75) is 77.7 Å². The maximum absolute atomic E-state index is 13.0. The molecule has 0 unspecified atom stereocenters. The zero-order valence-corrected chi connectivity index (χ0v) is 27.3. The van der Waals surface area contributed by atoms with Crippen LogP contribution in [0, 0.1) is 0 Å². The van der Waals surface area contributed by atoms with E-state index in [4.69, 9.17) is 25.5 Å². The molecule has 1 N–H and O–H groups in total. The Bertz CT molecular complexity index is 1280. The van der Waals surface area contributed by atoms with Gasteiger partial charge in [0.05, 0.1) is 0 Å². The molecule has 0 radical (unpaired) electrons. The summed E-state index contributed by atoms with van der Waals surface area (Å²) in [4.78, 5) is 14.6. The predicted molar refractivity (Wildman–Crippen MR) is 169 cm³/mol. The minimum Gasteiger partial charge on any atom is -0.543 e. The molecule has 0 bridgehead atoms. The lowest BCUT2D eigenvalue weighted by molar-refractivity contribution is 0.0298. The van der Waals surface area contributed by atoms with Crippen molar-refractivity contribution in [3.05, 3.63) is 88.9 Å². The Hall–Kier alpha value is -3.00. The molecule has 0 aliphatic heterocycles. The van der Waals surface area contributed by atoms with Gasteiger partial charge in [-0.1, -0.05) is 56.6 Å². The van der Waals surface area contributed by atoms with Crippen molar-refractivity contribution >= 4 is 26.0 Å². The number of aliphatic hydroxyl groups excluding tert-OH is 1. The van der Waals surface area contributed by atoms with Crippen LogP contribution in [0.4, 0.5) is 4.79 Å². The van der Waals surface area contributed by atoms with Crippen molar-refractivity contribution in [1.82, 2.24) is 4.90 Å². The van der Waals surface area contributed by atoms with Crippen LogP contribution in [0.2, 0.25) is 23.2 Å². The van der Waals surface area contributed by atoms with Crippen LogP contribution in [0.1, 0.15) is 58.8 Å². The van der Waals surface area contributed by atoms with Gasteiger partial charge in [-0.05, 0) is 105 Å². The first-order chi connectivity index (χ1) is 19.0. The van der Waals surface area contributed by atoms with Gasteiger partial charge in [0.2, 0.25) is 8.32 Å². The number of nitrogens with zero attached hydrogens (tertiary/aromatic N) is 1. The summed E-state index contributed by atoms with van der Waals surface area (Å²) in [5.74, 6) is 2.33. The third-order valence-corrected chi connectivity index (χ3v) is 12.0. The number of aliphatic hydroxyl groups is 1. The zero-order valence-electron chi connectivity index (χ0n) is 25.5. The average Bonchev–Trinajstić information content (AvgIpc) is 2.88. The van der Waals surface area contributed by atoms with Gasteiger partial charge < -0.3 is 23.9 Å². The van der Waals surface area contributed by atoms with Gasteiger partial charge in [-0.2, -0.15) is 0 Å². The molecule has 222 valence electrons. The molecular formula is C33H44ClNO5Si. The molecule has 0 spiro atoms. The number of hydrogen-bond donors (Lipinski definition) is 1. The molecule has 0 aliphatic rings. The third-order valence-electron chi connectivity index (χ3n) is 7.41. The number of benzene rings is 3.